The number of rotatable bonds is 4. The molecule has 0 aliphatic heterocycles. The van der Waals surface area contributed by atoms with Gasteiger partial charge in [-0.05, 0) is 24.0 Å². The van der Waals surface area contributed by atoms with Crippen LogP contribution in [0.15, 0.2) is 36.5 Å². The molecule has 1 heterocycles. The third kappa shape index (κ3) is 3.13. The number of aromatic nitrogens is 2. The van der Waals surface area contributed by atoms with Gasteiger partial charge in [0.15, 0.2) is 5.82 Å². The molecule has 0 radical (unpaired) electrons. The van der Waals surface area contributed by atoms with Gasteiger partial charge in [0.25, 0.3) is 5.91 Å². The first kappa shape index (κ1) is 12.7. The van der Waals surface area contributed by atoms with Crippen LogP contribution in [0.4, 0.5) is 5.82 Å². The van der Waals surface area contributed by atoms with Crippen LogP contribution in [-0.4, -0.2) is 21.9 Å². The Morgan fingerprint density at radius 1 is 1.44 bits per heavy atom. The van der Waals surface area contributed by atoms with Crippen LogP contribution in [-0.2, 0) is 12.8 Å². The van der Waals surface area contributed by atoms with Gasteiger partial charge in [0.2, 0.25) is 0 Å². The molecule has 0 atom stereocenters. The van der Waals surface area contributed by atoms with Crippen molar-refractivity contribution in [3.63, 3.8) is 0 Å². The lowest BCUT2D eigenvalue weighted by Crippen LogP contribution is -2.12. The molecule has 0 saturated heterocycles. The molecule has 2 rings (SSSR count). The highest BCUT2D eigenvalue weighted by Crippen LogP contribution is 2.12. The van der Waals surface area contributed by atoms with E-state index >= 15 is 0 Å². The second kappa shape index (κ2) is 5.73. The molecule has 0 aliphatic rings. The summed E-state index contributed by atoms with van der Waals surface area (Å²) >= 11 is 1.74. The average Bonchev–Trinajstić information content (AvgIpc) is 2.75. The minimum absolute atomic E-state index is 0.128. The van der Waals surface area contributed by atoms with Crippen LogP contribution in [0.3, 0.4) is 0 Å². The van der Waals surface area contributed by atoms with Crippen LogP contribution in [0.25, 0.3) is 0 Å². The Labute approximate surface area is 110 Å². The Hall–Kier alpha value is -1.75. The number of hydrogen-bond acceptors (Lipinski definition) is 3. The Kier molecular flexibility index (Phi) is 4.04. The number of nitrogens with zero attached hydrogens (tertiary/aromatic N) is 2. The summed E-state index contributed by atoms with van der Waals surface area (Å²) < 4.78 is 1.65. The second-order valence-corrected chi connectivity index (χ2v) is 4.83. The summed E-state index contributed by atoms with van der Waals surface area (Å²) in [4.78, 5) is 12.0. The van der Waals surface area contributed by atoms with Gasteiger partial charge < -0.3 is 5.32 Å². The van der Waals surface area contributed by atoms with Crippen molar-refractivity contribution in [2.45, 2.75) is 5.75 Å². The number of nitrogens with one attached hydrogen (secondary N) is 1. The zero-order valence-corrected chi connectivity index (χ0v) is 11.2. The SMILES string of the molecule is CSCc1cccc(C(=O)Nc2ccn(C)n2)c1. The van der Waals surface area contributed by atoms with Gasteiger partial charge in [-0.2, -0.15) is 16.9 Å². The van der Waals surface area contributed by atoms with Gasteiger partial charge in [0.1, 0.15) is 0 Å². The van der Waals surface area contributed by atoms with E-state index in [2.05, 4.69) is 10.4 Å². The standard InChI is InChI=1S/C13H15N3OS/c1-16-7-6-12(15-16)14-13(17)11-5-3-4-10(8-11)9-18-2/h3-8H,9H2,1-2H3,(H,14,15,17). The zero-order valence-electron chi connectivity index (χ0n) is 10.4. The molecular weight excluding hydrogens is 246 g/mol. The number of carbonyl (C=O) groups is 1. The predicted molar refractivity (Wildman–Crippen MR) is 74.8 cm³/mol. The molecule has 0 bridgehead atoms. The summed E-state index contributed by atoms with van der Waals surface area (Å²) in [5.41, 5.74) is 1.81. The summed E-state index contributed by atoms with van der Waals surface area (Å²) in [6.45, 7) is 0. The molecule has 2 aromatic rings. The number of thioether (sulfide) groups is 1. The molecule has 4 nitrogen and oxygen atoms in total. The average molecular weight is 261 g/mol. The van der Waals surface area contributed by atoms with E-state index in [9.17, 15) is 4.79 Å². The summed E-state index contributed by atoms with van der Waals surface area (Å²) in [5, 5.41) is 6.89. The summed E-state index contributed by atoms with van der Waals surface area (Å²) in [7, 11) is 1.81. The van der Waals surface area contributed by atoms with Crippen molar-refractivity contribution in [1.82, 2.24) is 9.78 Å². The van der Waals surface area contributed by atoms with E-state index < -0.39 is 0 Å². The van der Waals surface area contributed by atoms with Gasteiger partial charge in [0, 0.05) is 30.6 Å². The fourth-order valence-corrected chi connectivity index (χ4v) is 2.15. The topological polar surface area (TPSA) is 46.9 Å². The molecule has 0 spiro atoms. The van der Waals surface area contributed by atoms with Gasteiger partial charge >= 0.3 is 0 Å². The van der Waals surface area contributed by atoms with Crippen molar-refractivity contribution in [3.05, 3.63) is 47.7 Å². The molecule has 18 heavy (non-hydrogen) atoms. The molecule has 1 aromatic heterocycles. The maximum absolute atomic E-state index is 12.0. The van der Waals surface area contributed by atoms with Crippen molar-refractivity contribution >= 4 is 23.5 Å². The maximum Gasteiger partial charge on any atom is 0.256 e. The largest absolute Gasteiger partial charge is 0.305 e. The highest BCUT2D eigenvalue weighted by molar-refractivity contribution is 7.97. The molecule has 0 saturated carbocycles. The monoisotopic (exact) mass is 261 g/mol. The van der Waals surface area contributed by atoms with Crippen LogP contribution in [0, 0.1) is 0 Å². The predicted octanol–water partition coefficient (Wildman–Crippen LogP) is 2.54. The third-order valence-electron chi connectivity index (χ3n) is 2.46. The fraction of sp³-hybridized carbons (Fsp3) is 0.231. The van der Waals surface area contributed by atoms with Gasteiger partial charge in [-0.15, -0.1) is 0 Å². The van der Waals surface area contributed by atoms with Crippen LogP contribution in [0.1, 0.15) is 15.9 Å². The first-order chi connectivity index (χ1) is 8.69. The Morgan fingerprint density at radius 2 is 2.28 bits per heavy atom. The van der Waals surface area contributed by atoms with Crippen molar-refractivity contribution in [2.75, 3.05) is 11.6 Å². The molecule has 1 amide bonds. The smallest absolute Gasteiger partial charge is 0.256 e. The highest BCUT2D eigenvalue weighted by atomic mass is 32.2. The van der Waals surface area contributed by atoms with E-state index in [1.165, 1.54) is 0 Å². The van der Waals surface area contributed by atoms with Crippen LogP contribution in [0.5, 0.6) is 0 Å². The first-order valence-corrected chi connectivity index (χ1v) is 6.97. The zero-order chi connectivity index (χ0) is 13.0. The Morgan fingerprint density at radius 3 is 2.94 bits per heavy atom. The van der Waals surface area contributed by atoms with Gasteiger partial charge in [-0.1, -0.05) is 12.1 Å². The Bertz CT molecular complexity index is 551. The molecule has 0 unspecified atom stereocenters. The maximum atomic E-state index is 12.0. The number of carbonyl (C=O) groups excluding carboxylic acids is 1. The molecule has 94 valence electrons. The molecule has 1 N–H and O–H groups in total. The normalized spacial score (nSPS) is 10.3. The van der Waals surface area contributed by atoms with E-state index in [4.69, 9.17) is 0 Å². The lowest BCUT2D eigenvalue weighted by molar-refractivity contribution is 0.102. The quantitative estimate of drug-likeness (QED) is 0.920. The molecule has 5 heteroatoms. The minimum Gasteiger partial charge on any atom is -0.305 e. The number of anilines is 1. The highest BCUT2D eigenvalue weighted by Gasteiger charge is 2.07. The second-order valence-electron chi connectivity index (χ2n) is 3.96. The van der Waals surface area contributed by atoms with Crippen molar-refractivity contribution in [3.8, 4) is 0 Å². The number of aryl methyl sites for hydroxylation is 1. The summed E-state index contributed by atoms with van der Waals surface area (Å²) in [6, 6.07) is 9.41. The Balaban J connectivity index is 2.11. The van der Waals surface area contributed by atoms with Crippen molar-refractivity contribution in [1.29, 1.82) is 0 Å². The molecular formula is C13H15N3OS. The number of hydrogen-bond donors (Lipinski definition) is 1. The van der Waals surface area contributed by atoms with Gasteiger partial charge in [-0.3, -0.25) is 9.48 Å². The fourth-order valence-electron chi connectivity index (χ4n) is 1.64. The molecule has 1 aromatic carbocycles. The van der Waals surface area contributed by atoms with E-state index in [1.807, 2.05) is 37.6 Å². The van der Waals surface area contributed by atoms with E-state index in [0.717, 1.165) is 11.3 Å². The van der Waals surface area contributed by atoms with Crippen LogP contribution >= 0.6 is 11.8 Å². The van der Waals surface area contributed by atoms with Gasteiger partial charge in [-0.25, -0.2) is 0 Å². The first-order valence-electron chi connectivity index (χ1n) is 5.58. The van der Waals surface area contributed by atoms with E-state index in [0.29, 0.717) is 11.4 Å². The van der Waals surface area contributed by atoms with E-state index in [1.54, 1.807) is 28.7 Å². The van der Waals surface area contributed by atoms with E-state index in [-0.39, 0.29) is 5.91 Å². The van der Waals surface area contributed by atoms with Crippen LogP contribution in [0.2, 0.25) is 0 Å². The number of amides is 1. The third-order valence-corrected chi connectivity index (χ3v) is 3.08. The van der Waals surface area contributed by atoms with Crippen molar-refractivity contribution in [2.24, 2.45) is 7.05 Å². The van der Waals surface area contributed by atoms with Crippen molar-refractivity contribution < 1.29 is 4.79 Å². The molecule has 0 aliphatic carbocycles. The molecule has 0 fully saturated rings. The lowest BCUT2D eigenvalue weighted by Gasteiger charge is -2.04. The number of benzene rings is 1. The minimum atomic E-state index is -0.128. The van der Waals surface area contributed by atoms with Crippen LogP contribution < -0.4 is 5.32 Å². The summed E-state index contributed by atoms with van der Waals surface area (Å²) in [5.74, 6) is 1.35. The summed E-state index contributed by atoms with van der Waals surface area (Å²) in [6.07, 6.45) is 3.83. The van der Waals surface area contributed by atoms with Gasteiger partial charge in [0.05, 0.1) is 0 Å². The lowest BCUT2D eigenvalue weighted by atomic mass is 10.1.